The molecule has 0 spiro atoms. The standard InChI is InChI=1S/C12H19N3O2/c1-2-15-6-9(13)5-10(15)11(17)14-7-12(8-16)3-4-12/h5-6,16H,2-4,7-8,13H2,1H3,(H,14,17). The lowest BCUT2D eigenvalue weighted by Crippen LogP contribution is -2.33. The van der Waals surface area contributed by atoms with E-state index in [2.05, 4.69) is 5.32 Å². The molecular formula is C12H19N3O2. The molecule has 1 aliphatic carbocycles. The third-order valence-corrected chi connectivity index (χ3v) is 3.41. The van der Waals surface area contributed by atoms with E-state index in [9.17, 15) is 4.79 Å². The Morgan fingerprint density at radius 1 is 1.65 bits per heavy atom. The van der Waals surface area contributed by atoms with Gasteiger partial charge in [-0.25, -0.2) is 0 Å². The van der Waals surface area contributed by atoms with E-state index in [1.807, 2.05) is 11.5 Å². The molecule has 0 saturated heterocycles. The number of nitrogens with one attached hydrogen (secondary N) is 1. The van der Waals surface area contributed by atoms with E-state index < -0.39 is 0 Å². The minimum absolute atomic E-state index is 0.0646. The number of nitrogens with two attached hydrogens (primary N) is 1. The monoisotopic (exact) mass is 237 g/mol. The molecule has 1 aliphatic rings. The number of amides is 1. The summed E-state index contributed by atoms with van der Waals surface area (Å²) in [5.74, 6) is -0.122. The van der Waals surface area contributed by atoms with Crippen LogP contribution in [-0.2, 0) is 6.54 Å². The molecule has 0 aromatic carbocycles. The highest BCUT2D eigenvalue weighted by Gasteiger charge is 2.42. The van der Waals surface area contributed by atoms with E-state index >= 15 is 0 Å². The average Bonchev–Trinajstić information content (AvgIpc) is 3.02. The number of anilines is 1. The van der Waals surface area contributed by atoms with Gasteiger partial charge in [0.05, 0.1) is 12.3 Å². The molecule has 1 aromatic rings. The number of aryl methyl sites for hydroxylation is 1. The SMILES string of the molecule is CCn1cc(N)cc1C(=O)NCC1(CO)CC1. The molecule has 0 bridgehead atoms. The summed E-state index contributed by atoms with van der Waals surface area (Å²) in [7, 11) is 0. The summed E-state index contributed by atoms with van der Waals surface area (Å²) in [4.78, 5) is 12.0. The molecule has 5 nitrogen and oxygen atoms in total. The number of carbonyl (C=O) groups is 1. The second kappa shape index (κ2) is 4.41. The molecule has 0 atom stereocenters. The van der Waals surface area contributed by atoms with Gasteiger partial charge in [0, 0.05) is 24.7 Å². The third kappa shape index (κ3) is 2.44. The number of hydrogen-bond acceptors (Lipinski definition) is 3. The Morgan fingerprint density at radius 2 is 2.35 bits per heavy atom. The van der Waals surface area contributed by atoms with Crippen molar-refractivity contribution in [3.05, 3.63) is 18.0 Å². The molecule has 1 heterocycles. The Kier molecular flexibility index (Phi) is 3.11. The first-order valence-electron chi connectivity index (χ1n) is 5.95. The second-order valence-electron chi connectivity index (χ2n) is 4.79. The maximum Gasteiger partial charge on any atom is 0.268 e. The Hall–Kier alpha value is -1.49. The number of rotatable bonds is 5. The normalized spacial score (nSPS) is 16.8. The van der Waals surface area contributed by atoms with Crippen LogP contribution in [0.2, 0.25) is 0 Å². The summed E-state index contributed by atoms with van der Waals surface area (Å²) in [5.41, 5.74) is 6.79. The van der Waals surface area contributed by atoms with E-state index in [1.165, 1.54) is 0 Å². The van der Waals surface area contributed by atoms with Crippen LogP contribution in [0.3, 0.4) is 0 Å². The number of hydrogen-bond donors (Lipinski definition) is 3. The Labute approximate surface area is 101 Å². The molecule has 1 fully saturated rings. The first-order valence-corrected chi connectivity index (χ1v) is 5.95. The highest BCUT2D eigenvalue weighted by molar-refractivity contribution is 5.93. The molecule has 0 aliphatic heterocycles. The van der Waals surface area contributed by atoms with Crippen molar-refractivity contribution in [1.82, 2.24) is 9.88 Å². The predicted molar refractivity (Wildman–Crippen MR) is 65.6 cm³/mol. The summed E-state index contributed by atoms with van der Waals surface area (Å²) < 4.78 is 1.82. The zero-order valence-electron chi connectivity index (χ0n) is 10.1. The maximum absolute atomic E-state index is 12.0. The van der Waals surface area contributed by atoms with Gasteiger partial charge < -0.3 is 20.7 Å². The van der Waals surface area contributed by atoms with Crippen molar-refractivity contribution in [3.63, 3.8) is 0 Å². The van der Waals surface area contributed by atoms with Crippen LogP contribution in [0.5, 0.6) is 0 Å². The van der Waals surface area contributed by atoms with Gasteiger partial charge in [-0.2, -0.15) is 0 Å². The minimum atomic E-state index is -0.122. The van der Waals surface area contributed by atoms with Gasteiger partial charge in [-0.3, -0.25) is 4.79 Å². The number of nitrogens with zero attached hydrogens (tertiary/aromatic N) is 1. The fourth-order valence-electron chi connectivity index (χ4n) is 1.91. The Balaban J connectivity index is 1.99. The van der Waals surface area contributed by atoms with Crippen LogP contribution < -0.4 is 11.1 Å². The fraction of sp³-hybridized carbons (Fsp3) is 0.583. The quantitative estimate of drug-likeness (QED) is 0.701. The van der Waals surface area contributed by atoms with Crippen LogP contribution in [0.4, 0.5) is 5.69 Å². The smallest absolute Gasteiger partial charge is 0.268 e. The van der Waals surface area contributed by atoms with Crippen molar-refractivity contribution >= 4 is 11.6 Å². The fourth-order valence-corrected chi connectivity index (χ4v) is 1.91. The number of aliphatic hydroxyl groups excluding tert-OH is 1. The molecule has 0 radical (unpaired) electrons. The lowest BCUT2D eigenvalue weighted by atomic mass is 10.1. The van der Waals surface area contributed by atoms with Gasteiger partial charge in [0.1, 0.15) is 5.69 Å². The van der Waals surface area contributed by atoms with Crippen molar-refractivity contribution in [2.45, 2.75) is 26.3 Å². The summed E-state index contributed by atoms with van der Waals surface area (Å²) in [6, 6.07) is 1.68. The molecule has 1 aromatic heterocycles. The largest absolute Gasteiger partial charge is 0.397 e. The van der Waals surface area contributed by atoms with Gasteiger partial charge in [0.2, 0.25) is 0 Å². The predicted octanol–water partition coefficient (Wildman–Crippen LogP) is 0.592. The maximum atomic E-state index is 12.0. The molecule has 1 amide bonds. The summed E-state index contributed by atoms with van der Waals surface area (Å²) in [5, 5.41) is 12.0. The van der Waals surface area contributed by atoms with Gasteiger partial charge in [-0.05, 0) is 25.8 Å². The van der Waals surface area contributed by atoms with E-state index in [-0.39, 0.29) is 17.9 Å². The van der Waals surface area contributed by atoms with Crippen LogP contribution in [0, 0.1) is 5.41 Å². The van der Waals surface area contributed by atoms with Crippen molar-refractivity contribution in [2.75, 3.05) is 18.9 Å². The number of nitrogen functional groups attached to an aromatic ring is 1. The Bertz CT molecular complexity index is 421. The van der Waals surface area contributed by atoms with Crippen molar-refractivity contribution in [2.24, 2.45) is 5.41 Å². The first-order chi connectivity index (χ1) is 8.10. The molecular weight excluding hydrogens is 218 g/mol. The minimum Gasteiger partial charge on any atom is -0.397 e. The third-order valence-electron chi connectivity index (χ3n) is 3.41. The van der Waals surface area contributed by atoms with Crippen LogP contribution in [0.25, 0.3) is 0 Å². The van der Waals surface area contributed by atoms with Gasteiger partial charge in [0.15, 0.2) is 0 Å². The van der Waals surface area contributed by atoms with Crippen molar-refractivity contribution in [1.29, 1.82) is 0 Å². The molecule has 0 unspecified atom stereocenters. The average molecular weight is 237 g/mol. The lowest BCUT2D eigenvalue weighted by molar-refractivity contribution is 0.0926. The number of carbonyl (C=O) groups excluding carboxylic acids is 1. The van der Waals surface area contributed by atoms with Gasteiger partial charge in [0.25, 0.3) is 5.91 Å². The van der Waals surface area contributed by atoms with E-state index in [1.54, 1.807) is 12.3 Å². The topological polar surface area (TPSA) is 80.3 Å². The van der Waals surface area contributed by atoms with Crippen molar-refractivity contribution < 1.29 is 9.90 Å². The van der Waals surface area contributed by atoms with E-state index in [0.717, 1.165) is 12.8 Å². The molecule has 4 N–H and O–H groups in total. The van der Waals surface area contributed by atoms with Crippen LogP contribution in [0.1, 0.15) is 30.3 Å². The summed E-state index contributed by atoms with van der Waals surface area (Å²) in [6.07, 6.45) is 3.73. The van der Waals surface area contributed by atoms with Crippen LogP contribution in [0.15, 0.2) is 12.3 Å². The first kappa shape index (κ1) is 12.0. The Morgan fingerprint density at radius 3 is 2.88 bits per heavy atom. The highest BCUT2D eigenvalue weighted by atomic mass is 16.3. The zero-order chi connectivity index (χ0) is 12.5. The summed E-state index contributed by atoms with van der Waals surface area (Å²) in [6.45, 7) is 3.36. The molecule has 94 valence electrons. The van der Waals surface area contributed by atoms with Crippen LogP contribution in [-0.4, -0.2) is 28.7 Å². The lowest BCUT2D eigenvalue weighted by Gasteiger charge is -2.13. The molecule has 1 saturated carbocycles. The molecule has 5 heteroatoms. The van der Waals surface area contributed by atoms with E-state index in [0.29, 0.717) is 24.5 Å². The van der Waals surface area contributed by atoms with E-state index in [4.69, 9.17) is 10.8 Å². The van der Waals surface area contributed by atoms with Gasteiger partial charge in [-0.15, -0.1) is 0 Å². The van der Waals surface area contributed by atoms with Crippen molar-refractivity contribution in [3.8, 4) is 0 Å². The van der Waals surface area contributed by atoms with Gasteiger partial charge in [-0.1, -0.05) is 0 Å². The summed E-state index contributed by atoms with van der Waals surface area (Å²) >= 11 is 0. The van der Waals surface area contributed by atoms with Crippen LogP contribution >= 0.6 is 0 Å². The zero-order valence-corrected chi connectivity index (χ0v) is 10.1. The highest BCUT2D eigenvalue weighted by Crippen LogP contribution is 2.44. The molecule has 2 rings (SSSR count). The number of aliphatic hydroxyl groups is 1. The second-order valence-corrected chi connectivity index (χ2v) is 4.79. The number of aromatic nitrogens is 1. The molecule has 17 heavy (non-hydrogen) atoms. The van der Waals surface area contributed by atoms with Gasteiger partial charge >= 0.3 is 0 Å².